The molecule has 0 saturated carbocycles. The van der Waals surface area contributed by atoms with Gasteiger partial charge in [0.05, 0.1) is 18.2 Å². The van der Waals surface area contributed by atoms with E-state index in [0.29, 0.717) is 28.0 Å². The van der Waals surface area contributed by atoms with Crippen LogP contribution >= 0.6 is 23.8 Å². The second-order valence-corrected chi connectivity index (χ2v) is 5.19. The third-order valence-electron chi connectivity index (χ3n) is 2.97. The number of carbonyl (C=O) groups excluding carboxylic acids is 1. The summed E-state index contributed by atoms with van der Waals surface area (Å²) < 4.78 is 5.12. The van der Waals surface area contributed by atoms with Crippen LogP contribution in [-0.2, 0) is 9.53 Å². The Morgan fingerprint density at radius 3 is 2.65 bits per heavy atom. The fraction of sp³-hybridized carbons (Fsp3) is 0.286. The maximum absolute atomic E-state index is 12.1. The van der Waals surface area contributed by atoms with Crippen LogP contribution in [0.25, 0.3) is 0 Å². The van der Waals surface area contributed by atoms with E-state index in [1.807, 2.05) is 19.1 Å². The Morgan fingerprint density at radius 2 is 2.05 bits per heavy atom. The quantitative estimate of drug-likeness (QED) is 0.664. The van der Waals surface area contributed by atoms with E-state index in [9.17, 15) is 4.79 Å². The van der Waals surface area contributed by atoms with Crippen LogP contribution in [0.4, 0.5) is 0 Å². The highest BCUT2D eigenvalue weighted by atomic mass is 35.5. The zero-order chi connectivity index (χ0) is 14.7. The smallest absolute Gasteiger partial charge is 0.338 e. The van der Waals surface area contributed by atoms with Gasteiger partial charge in [0.2, 0.25) is 0 Å². The maximum Gasteiger partial charge on any atom is 0.338 e. The number of hydrogen-bond donors (Lipinski definition) is 2. The summed E-state index contributed by atoms with van der Waals surface area (Å²) in [5, 5.41) is 7.17. The molecule has 1 aromatic rings. The van der Waals surface area contributed by atoms with Crippen molar-refractivity contribution in [2.75, 3.05) is 6.61 Å². The molecular formula is C14H15ClN2O2S. The molecule has 20 heavy (non-hydrogen) atoms. The van der Waals surface area contributed by atoms with Crippen molar-refractivity contribution in [1.82, 2.24) is 10.6 Å². The number of benzene rings is 1. The van der Waals surface area contributed by atoms with E-state index in [0.717, 1.165) is 5.56 Å². The molecule has 4 nitrogen and oxygen atoms in total. The molecule has 2 rings (SSSR count). The maximum atomic E-state index is 12.1. The highest BCUT2D eigenvalue weighted by Gasteiger charge is 2.30. The van der Waals surface area contributed by atoms with Crippen LogP contribution in [0.2, 0.25) is 5.02 Å². The summed E-state index contributed by atoms with van der Waals surface area (Å²) in [4.78, 5) is 12.1. The van der Waals surface area contributed by atoms with Gasteiger partial charge in [-0.25, -0.2) is 4.79 Å². The number of allylic oxidation sites excluding steroid dienone is 1. The van der Waals surface area contributed by atoms with Crippen molar-refractivity contribution in [3.63, 3.8) is 0 Å². The van der Waals surface area contributed by atoms with Crippen LogP contribution in [0.15, 0.2) is 35.5 Å². The monoisotopic (exact) mass is 310 g/mol. The molecule has 0 radical (unpaired) electrons. The average molecular weight is 311 g/mol. The van der Waals surface area contributed by atoms with Crippen molar-refractivity contribution in [1.29, 1.82) is 0 Å². The number of hydrogen-bond acceptors (Lipinski definition) is 3. The average Bonchev–Trinajstić information content (AvgIpc) is 2.38. The summed E-state index contributed by atoms with van der Waals surface area (Å²) in [6.07, 6.45) is 0. The van der Waals surface area contributed by atoms with Crippen LogP contribution < -0.4 is 10.6 Å². The Kier molecular flexibility index (Phi) is 4.62. The SMILES string of the molecule is CCOC(=O)C1=C(C)NC(=S)N[C@H]1c1ccc(Cl)cc1. The molecule has 1 heterocycles. The molecule has 106 valence electrons. The first-order valence-electron chi connectivity index (χ1n) is 6.23. The summed E-state index contributed by atoms with van der Waals surface area (Å²) >= 11 is 11.0. The predicted octanol–water partition coefficient (Wildman–Crippen LogP) is 2.70. The van der Waals surface area contributed by atoms with Gasteiger partial charge in [0.25, 0.3) is 0 Å². The van der Waals surface area contributed by atoms with Gasteiger partial charge in [-0.2, -0.15) is 0 Å². The number of ether oxygens (including phenoxy) is 1. The lowest BCUT2D eigenvalue weighted by atomic mass is 9.96. The first-order chi connectivity index (χ1) is 9.52. The molecule has 0 amide bonds. The second kappa shape index (κ2) is 6.24. The minimum Gasteiger partial charge on any atom is -0.463 e. The highest BCUT2D eigenvalue weighted by molar-refractivity contribution is 7.80. The van der Waals surface area contributed by atoms with Crippen molar-refractivity contribution in [2.45, 2.75) is 19.9 Å². The molecule has 0 fully saturated rings. The van der Waals surface area contributed by atoms with Crippen LogP contribution in [0, 0.1) is 0 Å². The third kappa shape index (κ3) is 3.11. The Hall–Kier alpha value is -1.59. The molecule has 1 aliphatic heterocycles. The van der Waals surface area contributed by atoms with E-state index in [-0.39, 0.29) is 12.0 Å². The first-order valence-corrected chi connectivity index (χ1v) is 7.02. The van der Waals surface area contributed by atoms with Gasteiger partial charge < -0.3 is 15.4 Å². The fourth-order valence-corrected chi connectivity index (χ4v) is 2.48. The zero-order valence-electron chi connectivity index (χ0n) is 11.2. The second-order valence-electron chi connectivity index (χ2n) is 4.34. The standard InChI is InChI=1S/C14H15ClN2O2S/c1-3-19-13(18)11-8(2)16-14(20)17-12(11)9-4-6-10(15)7-5-9/h4-7,12H,3H2,1-2H3,(H2,16,17,20)/t12-/m0/s1. The molecule has 6 heteroatoms. The summed E-state index contributed by atoms with van der Waals surface area (Å²) in [6.45, 7) is 3.91. The molecule has 1 atom stereocenters. The molecule has 0 aromatic heterocycles. The lowest BCUT2D eigenvalue weighted by molar-refractivity contribution is -0.139. The minimum absolute atomic E-state index is 0.327. The van der Waals surface area contributed by atoms with Crippen molar-refractivity contribution >= 4 is 34.9 Å². The number of thiocarbonyl (C=S) groups is 1. The third-order valence-corrected chi connectivity index (χ3v) is 3.44. The van der Waals surface area contributed by atoms with Gasteiger partial charge in [0.1, 0.15) is 0 Å². The number of halogens is 1. The highest BCUT2D eigenvalue weighted by Crippen LogP contribution is 2.28. The van der Waals surface area contributed by atoms with E-state index in [2.05, 4.69) is 10.6 Å². The molecule has 0 aliphatic carbocycles. The largest absolute Gasteiger partial charge is 0.463 e. The fourth-order valence-electron chi connectivity index (χ4n) is 2.08. The summed E-state index contributed by atoms with van der Waals surface area (Å²) in [5.74, 6) is -0.354. The molecule has 0 unspecified atom stereocenters. The number of carbonyl (C=O) groups is 1. The zero-order valence-corrected chi connectivity index (χ0v) is 12.8. The van der Waals surface area contributed by atoms with E-state index < -0.39 is 0 Å². The first kappa shape index (κ1) is 14.8. The normalized spacial score (nSPS) is 18.4. The number of esters is 1. The molecule has 0 saturated heterocycles. The lowest BCUT2D eigenvalue weighted by Crippen LogP contribution is -2.45. The van der Waals surface area contributed by atoms with Crippen LogP contribution in [0.3, 0.4) is 0 Å². The molecule has 1 aliphatic rings. The van der Waals surface area contributed by atoms with Crippen molar-refractivity contribution < 1.29 is 9.53 Å². The van der Waals surface area contributed by atoms with Gasteiger partial charge in [0.15, 0.2) is 5.11 Å². The van der Waals surface area contributed by atoms with Gasteiger partial charge in [-0.05, 0) is 43.8 Å². The van der Waals surface area contributed by atoms with E-state index in [4.69, 9.17) is 28.6 Å². The minimum atomic E-state index is -0.354. The Bertz CT molecular complexity index is 569. The number of nitrogens with one attached hydrogen (secondary N) is 2. The van der Waals surface area contributed by atoms with Crippen LogP contribution in [0.5, 0.6) is 0 Å². The van der Waals surface area contributed by atoms with Gasteiger partial charge >= 0.3 is 5.97 Å². The van der Waals surface area contributed by atoms with Crippen molar-refractivity contribution in [3.8, 4) is 0 Å². The topological polar surface area (TPSA) is 50.4 Å². The Morgan fingerprint density at radius 1 is 1.40 bits per heavy atom. The van der Waals surface area contributed by atoms with Gasteiger partial charge in [-0.3, -0.25) is 0 Å². The predicted molar refractivity (Wildman–Crippen MR) is 82.4 cm³/mol. The lowest BCUT2D eigenvalue weighted by Gasteiger charge is -2.29. The van der Waals surface area contributed by atoms with Gasteiger partial charge in [-0.15, -0.1) is 0 Å². The molecule has 0 bridgehead atoms. The van der Waals surface area contributed by atoms with Crippen molar-refractivity contribution in [2.24, 2.45) is 0 Å². The Balaban J connectivity index is 2.41. The van der Waals surface area contributed by atoms with Crippen molar-refractivity contribution in [3.05, 3.63) is 46.1 Å². The van der Waals surface area contributed by atoms with Gasteiger partial charge in [-0.1, -0.05) is 23.7 Å². The number of rotatable bonds is 3. The summed E-state index contributed by atoms with van der Waals surface area (Å²) in [5.41, 5.74) is 2.13. The molecule has 0 spiro atoms. The van der Waals surface area contributed by atoms with Crippen LogP contribution in [0.1, 0.15) is 25.5 Å². The van der Waals surface area contributed by atoms with Gasteiger partial charge in [0, 0.05) is 10.7 Å². The van der Waals surface area contributed by atoms with E-state index >= 15 is 0 Å². The van der Waals surface area contributed by atoms with E-state index in [1.54, 1.807) is 19.1 Å². The molecule has 2 N–H and O–H groups in total. The summed E-state index contributed by atoms with van der Waals surface area (Å²) in [6, 6.07) is 6.95. The van der Waals surface area contributed by atoms with Crippen LogP contribution in [-0.4, -0.2) is 17.7 Å². The summed E-state index contributed by atoms with van der Waals surface area (Å²) in [7, 11) is 0. The van der Waals surface area contributed by atoms with E-state index in [1.165, 1.54) is 0 Å². The molecule has 1 aromatic carbocycles. The Labute approximate surface area is 128 Å². The molecular weight excluding hydrogens is 296 g/mol.